The Morgan fingerprint density at radius 2 is 1.87 bits per heavy atom. The summed E-state index contributed by atoms with van der Waals surface area (Å²) < 4.78 is 0. The molecule has 1 saturated carbocycles. The van der Waals surface area contributed by atoms with E-state index in [0.717, 1.165) is 12.8 Å². The fraction of sp³-hybridized carbons (Fsp3) is 0.704. The molecule has 208 valence electrons. The molecular weight excluding hydrogens is 486 g/mol. The summed E-state index contributed by atoms with van der Waals surface area (Å²) in [6.07, 6.45) is 6.21. The standard InChI is InChI=1S/C27H41N7O4/c1-25(2,3)13-18(22(36)31-17(14-28)11-16-12-27(7-8-27)34-21(16)35)32-24(38)20(26(4,5)6)33-23(37)19-15-29-9-10-30-19/h9-10,15-18,20,23,33,37H,7-8,11-13H2,1-6H3,(H,31,36)(H,32,38)(H,34,35). The number of amides is 3. The molecule has 1 saturated heterocycles. The molecule has 0 bridgehead atoms. The van der Waals surface area contributed by atoms with Crippen LogP contribution in [0.25, 0.3) is 0 Å². The fourth-order valence-electron chi connectivity index (χ4n) is 4.84. The highest BCUT2D eigenvalue weighted by Crippen LogP contribution is 2.46. The van der Waals surface area contributed by atoms with Gasteiger partial charge in [0.2, 0.25) is 17.7 Å². The highest BCUT2D eigenvalue weighted by atomic mass is 16.3. The summed E-state index contributed by atoms with van der Waals surface area (Å²) in [7, 11) is 0. The van der Waals surface area contributed by atoms with Crippen molar-refractivity contribution in [3.8, 4) is 6.07 Å². The number of carbonyl (C=O) groups is 3. The van der Waals surface area contributed by atoms with Crippen LogP contribution < -0.4 is 21.3 Å². The van der Waals surface area contributed by atoms with Crippen molar-refractivity contribution in [2.24, 2.45) is 16.7 Å². The number of nitriles is 1. The van der Waals surface area contributed by atoms with Gasteiger partial charge in [0.05, 0.1) is 18.3 Å². The number of hydrogen-bond donors (Lipinski definition) is 5. The number of hydrogen-bond acceptors (Lipinski definition) is 8. The highest BCUT2D eigenvalue weighted by molar-refractivity contribution is 5.90. The molecule has 11 nitrogen and oxygen atoms in total. The Balaban J connectivity index is 1.70. The van der Waals surface area contributed by atoms with Crippen LogP contribution in [0.15, 0.2) is 18.6 Å². The predicted octanol–water partition coefficient (Wildman–Crippen LogP) is 1.46. The fourth-order valence-corrected chi connectivity index (χ4v) is 4.84. The molecule has 3 rings (SSSR count). The zero-order valence-corrected chi connectivity index (χ0v) is 23.2. The van der Waals surface area contributed by atoms with E-state index in [0.29, 0.717) is 12.8 Å². The minimum absolute atomic E-state index is 0.0719. The molecule has 38 heavy (non-hydrogen) atoms. The first kappa shape index (κ1) is 29.5. The Labute approximate surface area is 224 Å². The van der Waals surface area contributed by atoms with E-state index in [1.54, 1.807) is 0 Å². The first-order valence-electron chi connectivity index (χ1n) is 13.1. The van der Waals surface area contributed by atoms with Crippen LogP contribution in [0.3, 0.4) is 0 Å². The summed E-state index contributed by atoms with van der Waals surface area (Å²) in [5.74, 6) is -1.35. The summed E-state index contributed by atoms with van der Waals surface area (Å²) in [5, 5.41) is 31.9. The summed E-state index contributed by atoms with van der Waals surface area (Å²) in [5.41, 5.74) is -0.788. The van der Waals surface area contributed by atoms with Crippen molar-refractivity contribution in [2.75, 3.05) is 0 Å². The van der Waals surface area contributed by atoms with Gasteiger partial charge in [-0.2, -0.15) is 5.26 Å². The molecule has 0 radical (unpaired) electrons. The van der Waals surface area contributed by atoms with Gasteiger partial charge in [0.25, 0.3) is 0 Å². The zero-order valence-electron chi connectivity index (χ0n) is 23.2. The molecule has 5 atom stereocenters. The van der Waals surface area contributed by atoms with E-state index in [1.165, 1.54) is 18.6 Å². The molecule has 2 fully saturated rings. The molecule has 1 aromatic rings. The van der Waals surface area contributed by atoms with Crippen molar-refractivity contribution >= 4 is 17.7 Å². The van der Waals surface area contributed by atoms with Crippen molar-refractivity contribution in [1.29, 1.82) is 5.26 Å². The van der Waals surface area contributed by atoms with Crippen LogP contribution in [-0.4, -0.2) is 56.5 Å². The number of nitrogens with one attached hydrogen (secondary N) is 4. The van der Waals surface area contributed by atoms with Crippen molar-refractivity contribution < 1.29 is 19.5 Å². The van der Waals surface area contributed by atoms with E-state index < -0.39 is 41.6 Å². The maximum atomic E-state index is 13.5. The lowest BCUT2D eigenvalue weighted by Gasteiger charge is -2.34. The van der Waals surface area contributed by atoms with Gasteiger partial charge in [-0.15, -0.1) is 0 Å². The van der Waals surface area contributed by atoms with Gasteiger partial charge in [-0.05, 0) is 42.9 Å². The van der Waals surface area contributed by atoms with E-state index in [4.69, 9.17) is 0 Å². The van der Waals surface area contributed by atoms with Crippen molar-refractivity contribution in [3.05, 3.63) is 24.3 Å². The Bertz CT molecular complexity index is 1050. The van der Waals surface area contributed by atoms with Crippen LogP contribution in [0, 0.1) is 28.1 Å². The monoisotopic (exact) mass is 527 g/mol. The van der Waals surface area contributed by atoms with Gasteiger partial charge in [0.15, 0.2) is 0 Å². The molecule has 5 N–H and O–H groups in total. The quantitative estimate of drug-likeness (QED) is 0.285. The number of carbonyl (C=O) groups excluding carboxylic acids is 3. The molecule has 1 aromatic heterocycles. The maximum absolute atomic E-state index is 13.5. The van der Waals surface area contributed by atoms with Gasteiger partial charge >= 0.3 is 0 Å². The molecular formula is C27H41N7O4. The van der Waals surface area contributed by atoms with Crippen LogP contribution >= 0.6 is 0 Å². The molecule has 2 heterocycles. The van der Waals surface area contributed by atoms with Gasteiger partial charge in [0, 0.05) is 23.9 Å². The predicted molar refractivity (Wildman–Crippen MR) is 140 cm³/mol. The van der Waals surface area contributed by atoms with Crippen LogP contribution in [-0.2, 0) is 14.4 Å². The number of aliphatic hydroxyl groups is 1. The number of aromatic nitrogens is 2. The third-order valence-electron chi connectivity index (χ3n) is 7.01. The minimum atomic E-state index is -1.25. The smallest absolute Gasteiger partial charge is 0.243 e. The molecule has 1 aliphatic carbocycles. The first-order chi connectivity index (χ1) is 17.6. The average Bonchev–Trinajstić information content (AvgIpc) is 3.50. The number of aliphatic hydroxyl groups excluding tert-OH is 1. The van der Waals surface area contributed by atoms with Gasteiger partial charge in [0.1, 0.15) is 24.0 Å². The van der Waals surface area contributed by atoms with Gasteiger partial charge in [-0.1, -0.05) is 41.5 Å². The van der Waals surface area contributed by atoms with Crippen molar-refractivity contribution in [1.82, 2.24) is 31.2 Å². The second-order valence-electron chi connectivity index (χ2n) is 12.9. The molecule has 2 aliphatic rings. The maximum Gasteiger partial charge on any atom is 0.243 e. The second-order valence-corrected chi connectivity index (χ2v) is 12.9. The zero-order chi connectivity index (χ0) is 28.3. The molecule has 3 amide bonds. The van der Waals surface area contributed by atoms with E-state index in [-0.39, 0.29) is 34.9 Å². The molecule has 1 spiro atoms. The van der Waals surface area contributed by atoms with E-state index in [2.05, 4.69) is 37.3 Å². The largest absolute Gasteiger partial charge is 0.373 e. The van der Waals surface area contributed by atoms with Crippen molar-refractivity contribution in [3.63, 3.8) is 0 Å². The normalized spacial score (nSPS) is 21.5. The number of rotatable bonds is 10. The summed E-state index contributed by atoms with van der Waals surface area (Å²) >= 11 is 0. The molecule has 11 heteroatoms. The summed E-state index contributed by atoms with van der Waals surface area (Å²) in [6, 6.07) is -0.554. The lowest BCUT2D eigenvalue weighted by atomic mass is 9.84. The van der Waals surface area contributed by atoms with E-state index in [9.17, 15) is 24.8 Å². The van der Waals surface area contributed by atoms with Crippen LogP contribution in [0.4, 0.5) is 0 Å². The third-order valence-corrected chi connectivity index (χ3v) is 7.01. The van der Waals surface area contributed by atoms with Crippen LogP contribution in [0.1, 0.15) is 85.6 Å². The van der Waals surface area contributed by atoms with E-state index >= 15 is 0 Å². The van der Waals surface area contributed by atoms with Gasteiger partial charge in [-0.3, -0.25) is 29.7 Å². The molecule has 0 aromatic carbocycles. The van der Waals surface area contributed by atoms with Crippen LogP contribution in [0.2, 0.25) is 0 Å². The first-order valence-corrected chi connectivity index (χ1v) is 13.1. The average molecular weight is 528 g/mol. The Morgan fingerprint density at radius 3 is 2.37 bits per heavy atom. The van der Waals surface area contributed by atoms with Crippen LogP contribution in [0.5, 0.6) is 0 Å². The third kappa shape index (κ3) is 7.95. The minimum Gasteiger partial charge on any atom is -0.373 e. The number of nitrogens with zero attached hydrogens (tertiary/aromatic N) is 3. The van der Waals surface area contributed by atoms with Gasteiger partial charge < -0.3 is 21.1 Å². The van der Waals surface area contributed by atoms with Crippen molar-refractivity contribution in [2.45, 2.75) is 104 Å². The highest BCUT2D eigenvalue weighted by Gasteiger charge is 2.52. The Kier molecular flexibility index (Phi) is 8.79. The lowest BCUT2D eigenvalue weighted by Crippen LogP contribution is -2.58. The summed E-state index contributed by atoms with van der Waals surface area (Å²) in [6.45, 7) is 11.4. The summed E-state index contributed by atoms with van der Waals surface area (Å²) in [4.78, 5) is 47.3. The topological polar surface area (TPSA) is 169 Å². The SMILES string of the molecule is CC(C)(C)CC(NC(=O)C(NC(O)c1cnccn1)C(C)(C)C)C(=O)NC(C#N)CC1CC2(CC2)NC1=O. The molecule has 5 unspecified atom stereocenters. The van der Waals surface area contributed by atoms with E-state index in [1.807, 2.05) is 41.5 Å². The Hall–Kier alpha value is -3.10. The van der Waals surface area contributed by atoms with Gasteiger partial charge in [-0.25, -0.2) is 0 Å². The lowest BCUT2D eigenvalue weighted by molar-refractivity contribution is -0.133. The second kappa shape index (κ2) is 11.3. The molecule has 1 aliphatic heterocycles. The Morgan fingerprint density at radius 1 is 1.18 bits per heavy atom.